The molecule has 1 N–H and O–H groups in total. The third-order valence-corrected chi connectivity index (χ3v) is 5.06. The Bertz CT molecular complexity index is 837. The molecule has 0 radical (unpaired) electrons. The fraction of sp³-hybridized carbons (Fsp3) is 0.350. The van der Waals surface area contributed by atoms with Crippen molar-refractivity contribution in [3.63, 3.8) is 0 Å². The first-order valence-corrected chi connectivity index (χ1v) is 8.83. The predicted octanol–water partition coefficient (Wildman–Crippen LogP) is 2.43. The van der Waals surface area contributed by atoms with Crippen LogP contribution >= 0.6 is 0 Å². The first-order valence-electron chi connectivity index (χ1n) is 8.83. The van der Waals surface area contributed by atoms with Crippen LogP contribution in [0, 0.1) is 0 Å². The number of para-hydroxylation sites is 1. The SMILES string of the molecule is Cn1cc([C@@H](O)CN2CCN(c3ccccn3)CC2)c2ccccc21. The number of hydrogen-bond donors (Lipinski definition) is 1. The van der Waals surface area contributed by atoms with Crippen LogP contribution in [-0.2, 0) is 7.05 Å². The number of aryl methyl sites for hydroxylation is 1. The minimum absolute atomic E-state index is 0.465. The third kappa shape index (κ3) is 3.25. The number of aliphatic hydroxyl groups is 1. The summed E-state index contributed by atoms with van der Waals surface area (Å²) in [6.07, 6.45) is 3.43. The van der Waals surface area contributed by atoms with Crippen molar-refractivity contribution in [2.45, 2.75) is 6.10 Å². The van der Waals surface area contributed by atoms with Gasteiger partial charge in [-0.15, -0.1) is 0 Å². The molecule has 0 unspecified atom stereocenters. The Kier molecular flexibility index (Phi) is 4.42. The van der Waals surface area contributed by atoms with Gasteiger partial charge in [-0.1, -0.05) is 24.3 Å². The number of fused-ring (bicyclic) bond motifs is 1. The number of hydrogen-bond acceptors (Lipinski definition) is 4. The molecule has 1 aromatic carbocycles. The summed E-state index contributed by atoms with van der Waals surface area (Å²) in [4.78, 5) is 9.07. The van der Waals surface area contributed by atoms with Gasteiger partial charge in [0.2, 0.25) is 0 Å². The van der Waals surface area contributed by atoms with Crippen molar-refractivity contribution >= 4 is 16.7 Å². The number of β-amino-alcohol motifs (C(OH)–C–C–N with tert-alkyl or cyclic N) is 1. The molecule has 1 aliphatic rings. The smallest absolute Gasteiger partial charge is 0.128 e. The molecule has 1 atom stereocenters. The van der Waals surface area contributed by atoms with Gasteiger partial charge < -0.3 is 14.6 Å². The van der Waals surface area contributed by atoms with E-state index in [1.165, 1.54) is 0 Å². The molecule has 25 heavy (non-hydrogen) atoms. The van der Waals surface area contributed by atoms with Gasteiger partial charge >= 0.3 is 0 Å². The van der Waals surface area contributed by atoms with Crippen molar-refractivity contribution in [3.05, 3.63) is 60.4 Å². The lowest BCUT2D eigenvalue weighted by atomic mass is 10.1. The van der Waals surface area contributed by atoms with Crippen LogP contribution in [-0.4, -0.2) is 52.3 Å². The summed E-state index contributed by atoms with van der Waals surface area (Å²) in [5.41, 5.74) is 2.18. The zero-order valence-corrected chi connectivity index (χ0v) is 14.5. The van der Waals surface area contributed by atoms with Crippen LogP contribution in [0.15, 0.2) is 54.9 Å². The Morgan fingerprint density at radius 3 is 2.56 bits per heavy atom. The van der Waals surface area contributed by atoms with Gasteiger partial charge in [0.1, 0.15) is 5.82 Å². The maximum atomic E-state index is 10.8. The molecule has 3 heterocycles. The maximum absolute atomic E-state index is 10.8. The summed E-state index contributed by atoms with van der Waals surface area (Å²) < 4.78 is 2.09. The number of rotatable bonds is 4. The highest BCUT2D eigenvalue weighted by molar-refractivity contribution is 5.84. The minimum Gasteiger partial charge on any atom is -0.387 e. The Morgan fingerprint density at radius 2 is 1.80 bits per heavy atom. The van der Waals surface area contributed by atoms with Crippen molar-refractivity contribution in [2.24, 2.45) is 7.05 Å². The average Bonchev–Trinajstić information content (AvgIpc) is 3.00. The summed E-state index contributed by atoms with van der Waals surface area (Å²) in [5, 5.41) is 11.9. The zero-order chi connectivity index (χ0) is 17.2. The summed E-state index contributed by atoms with van der Waals surface area (Å²) >= 11 is 0. The molecule has 5 heteroatoms. The van der Waals surface area contributed by atoms with Crippen molar-refractivity contribution in [3.8, 4) is 0 Å². The standard InChI is InChI=1S/C20H24N4O/c1-22-14-17(16-6-2-3-7-18(16)22)19(25)15-23-10-12-24(13-11-23)20-8-4-5-9-21-20/h2-9,14,19,25H,10-13,15H2,1H3/t19-/m0/s1. The first-order chi connectivity index (χ1) is 12.2. The maximum Gasteiger partial charge on any atom is 0.128 e. The number of benzene rings is 1. The second-order valence-electron chi connectivity index (χ2n) is 6.70. The van der Waals surface area contributed by atoms with Crippen molar-refractivity contribution < 1.29 is 5.11 Å². The van der Waals surface area contributed by atoms with Crippen molar-refractivity contribution in [2.75, 3.05) is 37.6 Å². The van der Waals surface area contributed by atoms with E-state index in [9.17, 15) is 5.11 Å². The molecule has 0 bridgehead atoms. The fourth-order valence-electron chi connectivity index (χ4n) is 3.68. The molecule has 1 saturated heterocycles. The molecular weight excluding hydrogens is 312 g/mol. The molecule has 0 saturated carbocycles. The zero-order valence-electron chi connectivity index (χ0n) is 14.5. The lowest BCUT2D eigenvalue weighted by Crippen LogP contribution is -2.47. The number of aromatic nitrogens is 2. The molecule has 3 aromatic rings. The molecule has 0 spiro atoms. The predicted molar refractivity (Wildman–Crippen MR) is 101 cm³/mol. The van der Waals surface area contributed by atoms with E-state index in [1.807, 2.05) is 37.5 Å². The van der Waals surface area contributed by atoms with Gasteiger partial charge in [-0.25, -0.2) is 4.98 Å². The Balaban J connectivity index is 1.41. The van der Waals surface area contributed by atoms with Gasteiger partial charge in [0.25, 0.3) is 0 Å². The van der Waals surface area contributed by atoms with Gasteiger partial charge in [0.15, 0.2) is 0 Å². The summed E-state index contributed by atoms with van der Waals surface area (Å²) in [7, 11) is 2.03. The highest BCUT2D eigenvalue weighted by Gasteiger charge is 2.22. The van der Waals surface area contributed by atoms with Gasteiger partial charge in [0, 0.05) is 68.6 Å². The van der Waals surface area contributed by atoms with Gasteiger partial charge in [0.05, 0.1) is 6.10 Å². The Labute approximate surface area is 148 Å². The molecule has 0 aliphatic carbocycles. The topological polar surface area (TPSA) is 44.5 Å². The van der Waals surface area contributed by atoms with Crippen molar-refractivity contribution in [1.82, 2.24) is 14.5 Å². The number of piperazine rings is 1. The highest BCUT2D eigenvalue weighted by atomic mass is 16.3. The largest absolute Gasteiger partial charge is 0.387 e. The summed E-state index contributed by atoms with van der Waals surface area (Å²) in [5.74, 6) is 1.04. The monoisotopic (exact) mass is 336 g/mol. The number of anilines is 1. The van der Waals surface area contributed by atoms with E-state index in [1.54, 1.807) is 0 Å². The molecule has 2 aromatic heterocycles. The molecule has 1 fully saturated rings. The lowest BCUT2D eigenvalue weighted by Gasteiger charge is -2.36. The second kappa shape index (κ2) is 6.86. The Hall–Kier alpha value is -2.37. The first kappa shape index (κ1) is 16.1. The summed E-state index contributed by atoms with van der Waals surface area (Å²) in [6.45, 7) is 4.44. The van der Waals surface area contributed by atoms with Gasteiger partial charge in [-0.2, -0.15) is 0 Å². The van der Waals surface area contributed by atoms with Crippen LogP contribution in [0.2, 0.25) is 0 Å². The van der Waals surface area contributed by atoms with E-state index >= 15 is 0 Å². The number of aliphatic hydroxyl groups excluding tert-OH is 1. The minimum atomic E-state index is -0.465. The third-order valence-electron chi connectivity index (χ3n) is 5.06. The highest BCUT2D eigenvalue weighted by Crippen LogP contribution is 2.27. The molecule has 5 nitrogen and oxygen atoms in total. The Morgan fingerprint density at radius 1 is 1.04 bits per heavy atom. The normalized spacial score (nSPS) is 17.1. The van der Waals surface area contributed by atoms with Gasteiger partial charge in [-0.05, 0) is 18.2 Å². The van der Waals surface area contributed by atoms with Crippen LogP contribution in [0.3, 0.4) is 0 Å². The van der Waals surface area contributed by atoms with E-state index in [0.717, 1.165) is 48.5 Å². The van der Waals surface area contributed by atoms with Crippen LogP contribution < -0.4 is 4.90 Å². The average molecular weight is 336 g/mol. The van der Waals surface area contributed by atoms with Crippen LogP contribution in [0.1, 0.15) is 11.7 Å². The van der Waals surface area contributed by atoms with Gasteiger partial charge in [-0.3, -0.25) is 4.90 Å². The number of pyridine rings is 1. The molecule has 130 valence electrons. The molecule has 1 aliphatic heterocycles. The number of nitrogens with zero attached hydrogens (tertiary/aromatic N) is 4. The van der Waals surface area contributed by atoms with E-state index < -0.39 is 6.10 Å². The van der Waals surface area contributed by atoms with E-state index in [0.29, 0.717) is 6.54 Å². The van der Waals surface area contributed by atoms with E-state index in [-0.39, 0.29) is 0 Å². The van der Waals surface area contributed by atoms with E-state index in [2.05, 4.69) is 43.7 Å². The summed E-state index contributed by atoms with van der Waals surface area (Å²) in [6, 6.07) is 14.3. The van der Waals surface area contributed by atoms with Crippen LogP contribution in [0.25, 0.3) is 10.9 Å². The second-order valence-corrected chi connectivity index (χ2v) is 6.70. The van der Waals surface area contributed by atoms with Crippen molar-refractivity contribution in [1.29, 1.82) is 0 Å². The molecule has 0 amide bonds. The quantitative estimate of drug-likeness (QED) is 0.795. The molecule has 4 rings (SSSR count). The fourth-order valence-corrected chi connectivity index (χ4v) is 3.68. The molecular formula is C20H24N4O. The van der Waals surface area contributed by atoms with Crippen LogP contribution in [0.4, 0.5) is 5.82 Å². The lowest BCUT2D eigenvalue weighted by molar-refractivity contribution is 0.110. The van der Waals surface area contributed by atoms with E-state index in [4.69, 9.17) is 0 Å². The van der Waals surface area contributed by atoms with Crippen LogP contribution in [0.5, 0.6) is 0 Å².